The summed E-state index contributed by atoms with van der Waals surface area (Å²) in [6.45, 7) is 4.78. The fourth-order valence-electron chi connectivity index (χ4n) is 3.35. The van der Waals surface area contributed by atoms with Gasteiger partial charge in [0.2, 0.25) is 0 Å². The van der Waals surface area contributed by atoms with Crippen molar-refractivity contribution in [2.75, 3.05) is 50.9 Å². The highest BCUT2D eigenvalue weighted by Gasteiger charge is 2.44. The number of ether oxygens (including phenoxy) is 2. The van der Waals surface area contributed by atoms with Gasteiger partial charge in [0.15, 0.2) is 0 Å². The molecule has 0 radical (unpaired) electrons. The average molecular weight is 306 g/mol. The van der Waals surface area contributed by atoms with Crippen molar-refractivity contribution in [3.8, 4) is 0 Å². The molecule has 6 heteroatoms. The topological polar surface area (TPSA) is 55.2 Å². The second-order valence-corrected chi connectivity index (χ2v) is 6.66. The van der Waals surface area contributed by atoms with Crippen LogP contribution in [-0.4, -0.2) is 62.4 Å². The molecule has 0 aromatic carbocycles. The Morgan fingerprint density at radius 2 is 2.23 bits per heavy atom. The minimum Gasteiger partial charge on any atom is -0.470 e. The molecule has 3 heterocycles. The molecule has 3 fully saturated rings. The summed E-state index contributed by atoms with van der Waals surface area (Å²) in [7, 11) is 0. The second kappa shape index (κ2) is 5.68. The zero-order chi connectivity index (χ0) is 15.0. The molecule has 1 aromatic heterocycles. The van der Waals surface area contributed by atoms with Gasteiger partial charge in [0.05, 0.1) is 31.7 Å². The minimum atomic E-state index is -0.434. The van der Waals surface area contributed by atoms with Crippen molar-refractivity contribution in [1.29, 1.82) is 0 Å². The SMILES string of the molecule is O=C1COC2(COCCN(CC3CC3)C2)CN1c1ccoc1. The number of hydrogen-bond acceptors (Lipinski definition) is 5. The lowest BCUT2D eigenvalue weighted by atomic mass is 10.0. The van der Waals surface area contributed by atoms with Gasteiger partial charge in [0.25, 0.3) is 5.91 Å². The normalized spacial score (nSPS) is 30.7. The first-order valence-corrected chi connectivity index (χ1v) is 8.01. The van der Waals surface area contributed by atoms with Gasteiger partial charge in [-0.05, 0) is 18.8 Å². The third kappa shape index (κ3) is 2.91. The Bertz CT molecular complexity index is 528. The molecule has 0 bridgehead atoms. The highest BCUT2D eigenvalue weighted by molar-refractivity contribution is 5.95. The van der Waals surface area contributed by atoms with Crippen LogP contribution in [0.1, 0.15) is 12.8 Å². The van der Waals surface area contributed by atoms with Crippen LogP contribution >= 0.6 is 0 Å². The van der Waals surface area contributed by atoms with Crippen molar-refractivity contribution in [2.45, 2.75) is 18.4 Å². The van der Waals surface area contributed by atoms with E-state index in [-0.39, 0.29) is 12.5 Å². The number of amides is 1. The number of anilines is 1. The van der Waals surface area contributed by atoms with Gasteiger partial charge in [-0.2, -0.15) is 0 Å². The molecule has 1 atom stereocenters. The van der Waals surface area contributed by atoms with E-state index in [0.29, 0.717) is 13.2 Å². The Labute approximate surface area is 129 Å². The molecule has 22 heavy (non-hydrogen) atoms. The Hall–Kier alpha value is -1.37. The molecule has 1 spiro atoms. The van der Waals surface area contributed by atoms with Crippen LogP contribution in [0.4, 0.5) is 5.69 Å². The van der Waals surface area contributed by atoms with Crippen molar-refractivity contribution in [3.05, 3.63) is 18.6 Å². The third-order valence-corrected chi connectivity index (χ3v) is 4.71. The number of hydrogen-bond donors (Lipinski definition) is 0. The standard InChI is InChI=1S/C16H22N2O4/c19-15-9-22-16(11-18(15)14-3-5-20-8-14)10-17(4-6-21-12-16)7-13-1-2-13/h3,5,8,13H,1-2,4,6-7,9-12H2. The van der Waals surface area contributed by atoms with Crippen LogP contribution in [0.15, 0.2) is 23.0 Å². The van der Waals surface area contributed by atoms with Gasteiger partial charge in [0, 0.05) is 25.7 Å². The number of morpholine rings is 1. The summed E-state index contributed by atoms with van der Waals surface area (Å²) in [5.41, 5.74) is 0.363. The first kappa shape index (κ1) is 14.2. The van der Waals surface area contributed by atoms with Crippen LogP contribution in [0.5, 0.6) is 0 Å². The van der Waals surface area contributed by atoms with E-state index in [1.807, 2.05) is 6.07 Å². The molecular formula is C16H22N2O4. The smallest absolute Gasteiger partial charge is 0.253 e. The van der Waals surface area contributed by atoms with Gasteiger partial charge in [-0.1, -0.05) is 0 Å². The first-order valence-electron chi connectivity index (χ1n) is 8.01. The van der Waals surface area contributed by atoms with Gasteiger partial charge >= 0.3 is 0 Å². The van der Waals surface area contributed by atoms with E-state index in [2.05, 4.69) is 4.90 Å². The van der Waals surface area contributed by atoms with E-state index in [1.54, 1.807) is 17.4 Å². The molecule has 3 aliphatic rings. The highest BCUT2D eigenvalue weighted by Crippen LogP contribution is 2.32. The average Bonchev–Trinajstić information content (AvgIpc) is 3.21. The fraction of sp³-hybridized carbons (Fsp3) is 0.688. The largest absolute Gasteiger partial charge is 0.470 e. The maximum absolute atomic E-state index is 12.2. The summed E-state index contributed by atoms with van der Waals surface area (Å²) in [5, 5.41) is 0. The summed E-state index contributed by atoms with van der Waals surface area (Å²) in [6.07, 6.45) is 5.87. The molecule has 0 N–H and O–H groups in total. The summed E-state index contributed by atoms with van der Waals surface area (Å²) in [4.78, 5) is 16.4. The maximum Gasteiger partial charge on any atom is 0.253 e. The lowest BCUT2D eigenvalue weighted by Crippen LogP contribution is -2.60. The minimum absolute atomic E-state index is 0.0231. The quantitative estimate of drug-likeness (QED) is 0.838. The van der Waals surface area contributed by atoms with E-state index in [1.165, 1.54) is 12.8 Å². The fourth-order valence-corrected chi connectivity index (χ4v) is 3.35. The maximum atomic E-state index is 12.2. The van der Waals surface area contributed by atoms with Gasteiger partial charge in [-0.3, -0.25) is 9.69 Å². The van der Waals surface area contributed by atoms with Crippen LogP contribution in [0.3, 0.4) is 0 Å². The van der Waals surface area contributed by atoms with Gasteiger partial charge in [0.1, 0.15) is 18.5 Å². The first-order chi connectivity index (χ1) is 10.7. The molecule has 120 valence electrons. The predicted molar refractivity (Wildman–Crippen MR) is 79.7 cm³/mol. The molecule has 1 amide bonds. The Balaban J connectivity index is 1.51. The van der Waals surface area contributed by atoms with Crippen LogP contribution < -0.4 is 4.90 Å². The van der Waals surface area contributed by atoms with Gasteiger partial charge < -0.3 is 18.8 Å². The number of nitrogens with zero attached hydrogens (tertiary/aromatic N) is 2. The number of carbonyl (C=O) groups excluding carboxylic acids is 1. The van der Waals surface area contributed by atoms with Gasteiger partial charge in [-0.15, -0.1) is 0 Å². The molecule has 2 aliphatic heterocycles. The molecule has 4 rings (SSSR count). The third-order valence-electron chi connectivity index (χ3n) is 4.71. The number of furan rings is 1. The van der Waals surface area contributed by atoms with E-state index in [0.717, 1.165) is 37.8 Å². The molecule has 2 saturated heterocycles. The Morgan fingerprint density at radius 3 is 3.00 bits per heavy atom. The van der Waals surface area contributed by atoms with Crippen LogP contribution in [0.2, 0.25) is 0 Å². The van der Waals surface area contributed by atoms with Crippen molar-refractivity contribution in [1.82, 2.24) is 4.90 Å². The molecule has 1 saturated carbocycles. The van der Waals surface area contributed by atoms with E-state index in [4.69, 9.17) is 13.9 Å². The molecule has 1 aromatic rings. The monoisotopic (exact) mass is 306 g/mol. The van der Waals surface area contributed by atoms with E-state index in [9.17, 15) is 4.79 Å². The summed E-state index contributed by atoms with van der Waals surface area (Å²) >= 11 is 0. The van der Waals surface area contributed by atoms with Crippen LogP contribution in [-0.2, 0) is 14.3 Å². The summed E-state index contributed by atoms with van der Waals surface area (Å²) < 4.78 is 16.9. The summed E-state index contributed by atoms with van der Waals surface area (Å²) in [6, 6.07) is 1.82. The molecule has 6 nitrogen and oxygen atoms in total. The molecular weight excluding hydrogens is 284 g/mol. The van der Waals surface area contributed by atoms with E-state index >= 15 is 0 Å². The van der Waals surface area contributed by atoms with Crippen LogP contribution in [0, 0.1) is 5.92 Å². The highest BCUT2D eigenvalue weighted by atomic mass is 16.6. The van der Waals surface area contributed by atoms with Crippen molar-refractivity contribution in [3.63, 3.8) is 0 Å². The Morgan fingerprint density at radius 1 is 1.32 bits per heavy atom. The number of carbonyl (C=O) groups is 1. The predicted octanol–water partition coefficient (Wildman–Crippen LogP) is 1.12. The van der Waals surface area contributed by atoms with Crippen molar-refractivity contribution < 1.29 is 18.7 Å². The second-order valence-electron chi connectivity index (χ2n) is 6.66. The number of rotatable bonds is 3. The summed E-state index contributed by atoms with van der Waals surface area (Å²) in [5.74, 6) is 0.815. The van der Waals surface area contributed by atoms with Crippen LogP contribution in [0.25, 0.3) is 0 Å². The van der Waals surface area contributed by atoms with E-state index < -0.39 is 5.60 Å². The Kier molecular flexibility index (Phi) is 3.68. The lowest BCUT2D eigenvalue weighted by molar-refractivity contribution is -0.146. The zero-order valence-electron chi connectivity index (χ0n) is 12.7. The van der Waals surface area contributed by atoms with Gasteiger partial charge in [-0.25, -0.2) is 0 Å². The van der Waals surface area contributed by atoms with Crippen molar-refractivity contribution >= 4 is 11.6 Å². The molecule has 1 unspecified atom stereocenters. The molecule has 1 aliphatic carbocycles. The van der Waals surface area contributed by atoms with Crippen molar-refractivity contribution in [2.24, 2.45) is 5.92 Å². The zero-order valence-corrected chi connectivity index (χ0v) is 12.7. The lowest BCUT2D eigenvalue weighted by Gasteiger charge is -2.42.